The Hall–Kier alpha value is -0.830. The van der Waals surface area contributed by atoms with E-state index < -0.39 is 5.97 Å². The molecule has 3 heteroatoms. The van der Waals surface area contributed by atoms with Gasteiger partial charge in [0.1, 0.15) is 0 Å². The van der Waals surface area contributed by atoms with Crippen LogP contribution in [0.2, 0.25) is 0 Å². The number of hydrogen-bond acceptors (Lipinski definition) is 2. The van der Waals surface area contributed by atoms with Gasteiger partial charge in [-0.05, 0) is 31.6 Å². The van der Waals surface area contributed by atoms with E-state index in [4.69, 9.17) is 5.11 Å². The number of unbranched alkanes of at least 4 members (excludes halogenated alkanes) is 9. The predicted octanol–water partition coefficient (Wildman–Crippen LogP) is 5.33. The monoisotopic (exact) mass is 312 g/mol. The quantitative estimate of drug-likeness (QED) is 0.299. The largest absolute Gasteiger partial charge is 0.481 e. The molecule has 0 aromatic rings. The van der Waals surface area contributed by atoms with E-state index in [1.54, 1.807) is 0 Å². The van der Waals surface area contributed by atoms with Crippen molar-refractivity contribution in [2.45, 2.75) is 90.4 Å². The van der Waals surface area contributed by atoms with E-state index in [-0.39, 0.29) is 6.61 Å². The molecule has 0 heterocycles. The number of allylic oxidation sites excluding steroid dienone is 1. The fourth-order valence-corrected chi connectivity index (χ4v) is 2.62. The lowest BCUT2D eigenvalue weighted by Crippen LogP contribution is -2.02. The first kappa shape index (κ1) is 21.2. The predicted molar refractivity (Wildman–Crippen MR) is 93.0 cm³/mol. The number of hydrogen-bond donors (Lipinski definition) is 2. The first-order chi connectivity index (χ1) is 10.7. The van der Waals surface area contributed by atoms with Gasteiger partial charge < -0.3 is 10.2 Å². The van der Waals surface area contributed by atoms with Crippen molar-refractivity contribution in [3.8, 4) is 0 Å². The van der Waals surface area contributed by atoms with Crippen LogP contribution in [0.25, 0.3) is 0 Å². The molecule has 0 bridgehead atoms. The fraction of sp³-hybridized carbons (Fsp3) is 0.842. The van der Waals surface area contributed by atoms with Gasteiger partial charge in [0.25, 0.3) is 0 Å². The number of carboxylic acid groups (broad SMARTS) is 1. The average Bonchev–Trinajstić information content (AvgIpc) is 2.50. The van der Waals surface area contributed by atoms with Gasteiger partial charge in [0.2, 0.25) is 0 Å². The molecule has 1 unspecified atom stereocenters. The lowest BCUT2D eigenvalue weighted by molar-refractivity contribution is -0.137. The summed E-state index contributed by atoms with van der Waals surface area (Å²) >= 11 is 0. The van der Waals surface area contributed by atoms with Crippen LogP contribution in [0.3, 0.4) is 0 Å². The highest BCUT2D eigenvalue weighted by Crippen LogP contribution is 2.14. The van der Waals surface area contributed by atoms with Crippen LogP contribution < -0.4 is 0 Å². The van der Waals surface area contributed by atoms with Crippen molar-refractivity contribution >= 4 is 5.97 Å². The van der Waals surface area contributed by atoms with E-state index in [1.165, 1.54) is 32.1 Å². The Morgan fingerprint density at radius 3 is 2.27 bits per heavy atom. The van der Waals surface area contributed by atoms with Crippen molar-refractivity contribution in [2.24, 2.45) is 5.92 Å². The zero-order valence-corrected chi connectivity index (χ0v) is 14.4. The van der Waals surface area contributed by atoms with Gasteiger partial charge in [-0.2, -0.15) is 0 Å². The van der Waals surface area contributed by atoms with Crippen LogP contribution in [-0.2, 0) is 4.79 Å². The van der Waals surface area contributed by atoms with E-state index in [9.17, 15) is 9.90 Å². The normalized spacial score (nSPS) is 12.8. The highest BCUT2D eigenvalue weighted by atomic mass is 16.4. The van der Waals surface area contributed by atoms with Gasteiger partial charge in [-0.1, -0.05) is 70.4 Å². The molecular weight excluding hydrogens is 276 g/mol. The summed E-state index contributed by atoms with van der Waals surface area (Å²) in [4.78, 5) is 10.4. The number of aliphatic carboxylic acids is 1. The Morgan fingerprint density at radius 2 is 1.59 bits per heavy atom. The van der Waals surface area contributed by atoms with Crippen molar-refractivity contribution < 1.29 is 15.0 Å². The van der Waals surface area contributed by atoms with Crippen LogP contribution in [0.4, 0.5) is 0 Å². The SMILES string of the molecule is CCCCCCC/C=C/C(CO)CCCCCCCC(=O)O. The van der Waals surface area contributed by atoms with E-state index in [2.05, 4.69) is 19.1 Å². The number of aliphatic hydroxyl groups excluding tert-OH is 1. The summed E-state index contributed by atoms with van der Waals surface area (Å²) in [6.45, 7) is 2.48. The van der Waals surface area contributed by atoms with Crippen LogP contribution in [0.15, 0.2) is 12.2 Å². The Labute approximate surface area is 136 Å². The van der Waals surface area contributed by atoms with Crippen molar-refractivity contribution in [1.82, 2.24) is 0 Å². The van der Waals surface area contributed by atoms with Crippen molar-refractivity contribution in [3.05, 3.63) is 12.2 Å². The number of carboxylic acids is 1. The third-order valence-electron chi connectivity index (χ3n) is 4.08. The highest BCUT2D eigenvalue weighted by molar-refractivity contribution is 5.66. The molecule has 0 fully saturated rings. The second-order valence-electron chi connectivity index (χ2n) is 6.27. The minimum atomic E-state index is -0.694. The number of carbonyl (C=O) groups is 1. The van der Waals surface area contributed by atoms with Gasteiger partial charge in [-0.15, -0.1) is 0 Å². The molecule has 0 amide bonds. The van der Waals surface area contributed by atoms with Gasteiger partial charge in [0.05, 0.1) is 0 Å². The second-order valence-corrected chi connectivity index (χ2v) is 6.27. The van der Waals surface area contributed by atoms with Crippen LogP contribution in [0.1, 0.15) is 90.4 Å². The van der Waals surface area contributed by atoms with Crippen molar-refractivity contribution in [1.29, 1.82) is 0 Å². The molecule has 0 aromatic heterocycles. The lowest BCUT2D eigenvalue weighted by Gasteiger charge is -2.09. The first-order valence-corrected chi connectivity index (χ1v) is 9.20. The van der Waals surface area contributed by atoms with Gasteiger partial charge in [0.15, 0.2) is 0 Å². The Morgan fingerprint density at radius 1 is 0.955 bits per heavy atom. The molecule has 0 aromatic carbocycles. The maximum atomic E-state index is 10.4. The van der Waals surface area contributed by atoms with E-state index >= 15 is 0 Å². The van der Waals surface area contributed by atoms with Crippen LogP contribution in [-0.4, -0.2) is 22.8 Å². The molecule has 0 rings (SSSR count). The lowest BCUT2D eigenvalue weighted by atomic mass is 9.99. The fourth-order valence-electron chi connectivity index (χ4n) is 2.62. The van der Waals surface area contributed by atoms with Gasteiger partial charge >= 0.3 is 5.97 Å². The molecule has 22 heavy (non-hydrogen) atoms. The molecule has 0 aliphatic carbocycles. The third-order valence-corrected chi connectivity index (χ3v) is 4.08. The summed E-state index contributed by atoms with van der Waals surface area (Å²) in [5.74, 6) is -0.394. The topological polar surface area (TPSA) is 57.5 Å². The molecule has 2 N–H and O–H groups in total. The van der Waals surface area contributed by atoms with Crippen molar-refractivity contribution in [3.63, 3.8) is 0 Å². The molecule has 0 aliphatic heterocycles. The van der Waals surface area contributed by atoms with E-state index in [0.29, 0.717) is 12.3 Å². The second kappa shape index (κ2) is 16.5. The van der Waals surface area contributed by atoms with Gasteiger partial charge in [-0.25, -0.2) is 0 Å². The van der Waals surface area contributed by atoms with Gasteiger partial charge in [0, 0.05) is 13.0 Å². The standard InChI is InChI=1S/C19H36O3/c1-2-3-4-5-6-8-11-14-18(17-20)15-12-9-7-10-13-16-19(21)22/h11,14,18,20H,2-10,12-13,15-17H2,1H3,(H,21,22)/b14-11+. The summed E-state index contributed by atoms with van der Waals surface area (Å²) in [6.07, 6.45) is 18.6. The molecule has 0 spiro atoms. The Bertz CT molecular complexity index is 274. The summed E-state index contributed by atoms with van der Waals surface area (Å²) in [6, 6.07) is 0. The van der Waals surface area contributed by atoms with E-state index in [0.717, 1.165) is 44.9 Å². The molecule has 1 atom stereocenters. The zero-order chi connectivity index (χ0) is 16.5. The van der Waals surface area contributed by atoms with Gasteiger partial charge in [-0.3, -0.25) is 4.79 Å². The molecule has 130 valence electrons. The zero-order valence-electron chi connectivity index (χ0n) is 14.4. The molecule has 0 saturated heterocycles. The summed E-state index contributed by atoms with van der Waals surface area (Å²) < 4.78 is 0. The summed E-state index contributed by atoms with van der Waals surface area (Å²) in [5, 5.41) is 17.9. The van der Waals surface area contributed by atoms with E-state index in [1.807, 2.05) is 0 Å². The van der Waals surface area contributed by atoms with Crippen LogP contribution in [0, 0.1) is 5.92 Å². The first-order valence-electron chi connectivity index (χ1n) is 9.20. The van der Waals surface area contributed by atoms with Crippen LogP contribution >= 0.6 is 0 Å². The smallest absolute Gasteiger partial charge is 0.303 e. The molecule has 3 nitrogen and oxygen atoms in total. The Kier molecular flexibility index (Phi) is 15.9. The summed E-state index contributed by atoms with van der Waals surface area (Å²) in [7, 11) is 0. The molecule has 0 aliphatic rings. The van der Waals surface area contributed by atoms with Crippen LogP contribution in [0.5, 0.6) is 0 Å². The molecule has 0 radical (unpaired) electrons. The highest BCUT2D eigenvalue weighted by Gasteiger charge is 2.03. The number of aliphatic hydroxyl groups is 1. The minimum Gasteiger partial charge on any atom is -0.481 e. The third kappa shape index (κ3) is 15.6. The van der Waals surface area contributed by atoms with Crippen molar-refractivity contribution in [2.75, 3.05) is 6.61 Å². The average molecular weight is 312 g/mol. The maximum Gasteiger partial charge on any atom is 0.303 e. The molecular formula is C19H36O3. The number of rotatable bonds is 16. The summed E-state index contributed by atoms with van der Waals surface area (Å²) in [5.41, 5.74) is 0. The maximum absolute atomic E-state index is 10.4. The molecule has 0 saturated carbocycles. The minimum absolute atomic E-state index is 0.241. The Balaban J connectivity index is 3.47.